The van der Waals surface area contributed by atoms with Crippen LogP contribution in [0.1, 0.15) is 11.1 Å². The van der Waals surface area contributed by atoms with Crippen molar-refractivity contribution in [2.75, 3.05) is 31.6 Å². The highest BCUT2D eigenvalue weighted by Gasteiger charge is 2.39. The second-order valence-corrected chi connectivity index (χ2v) is 9.83. The van der Waals surface area contributed by atoms with Crippen molar-refractivity contribution in [2.45, 2.75) is 0 Å². The normalized spacial score (nSPS) is 14.4. The molecule has 3 aromatic rings. The van der Waals surface area contributed by atoms with Crippen molar-refractivity contribution in [1.82, 2.24) is 5.32 Å². The lowest BCUT2D eigenvalue weighted by molar-refractivity contribution is -0.116. The molecule has 3 aromatic carbocycles. The number of carbonyl (C=O) groups excluding carboxylic acids is 1. The summed E-state index contributed by atoms with van der Waals surface area (Å²) in [7, 11) is -1.14. The molecule has 0 atom stereocenters. The van der Waals surface area contributed by atoms with E-state index in [0.717, 1.165) is 4.31 Å². The van der Waals surface area contributed by atoms with Crippen LogP contribution in [0.15, 0.2) is 77.7 Å². The summed E-state index contributed by atoms with van der Waals surface area (Å²) in [4.78, 5) is 12.9. The second kappa shape index (κ2) is 9.79. The molecule has 0 bridgehead atoms. The van der Waals surface area contributed by atoms with E-state index in [9.17, 15) is 13.2 Å². The number of anilines is 1. The number of halogens is 1. The Labute approximate surface area is 203 Å². The van der Waals surface area contributed by atoms with Gasteiger partial charge in [0.25, 0.3) is 15.9 Å². The molecule has 0 spiro atoms. The molecule has 1 N–H and O–H groups in total. The minimum atomic E-state index is -4.12. The number of rotatable bonds is 7. The molecule has 1 heterocycles. The molecule has 0 aliphatic carbocycles. The Morgan fingerprint density at radius 2 is 1.74 bits per heavy atom. The van der Waals surface area contributed by atoms with Crippen molar-refractivity contribution in [2.24, 2.45) is 0 Å². The minimum absolute atomic E-state index is 0.100. The van der Waals surface area contributed by atoms with Gasteiger partial charge in [-0.25, -0.2) is 8.42 Å². The van der Waals surface area contributed by atoms with E-state index in [1.54, 1.807) is 73.8 Å². The van der Waals surface area contributed by atoms with Crippen molar-refractivity contribution >= 4 is 38.8 Å². The molecular weight excluding hydrogens is 476 g/mol. The Balaban J connectivity index is 1.66. The molecule has 1 aliphatic rings. The lowest BCUT2D eigenvalue weighted by Crippen LogP contribution is -2.40. The number of amides is 1. The van der Waals surface area contributed by atoms with Crippen LogP contribution >= 0.6 is 11.6 Å². The summed E-state index contributed by atoms with van der Waals surface area (Å²) in [6.07, 6.45) is 0. The van der Waals surface area contributed by atoms with Crippen LogP contribution in [-0.2, 0) is 14.8 Å². The molecular formula is C25H23ClN2O5S. The summed E-state index contributed by atoms with van der Waals surface area (Å²) in [5.74, 6) is 0.504. The van der Waals surface area contributed by atoms with Gasteiger partial charge >= 0.3 is 0 Å². The van der Waals surface area contributed by atoms with Crippen molar-refractivity contribution in [3.05, 3.63) is 93.9 Å². The zero-order valence-electron chi connectivity index (χ0n) is 18.6. The number of carbonyl (C=O) groups is 1. The molecule has 0 unspecified atom stereocenters. The van der Waals surface area contributed by atoms with Crippen molar-refractivity contribution in [3.8, 4) is 11.5 Å². The van der Waals surface area contributed by atoms with Crippen LogP contribution in [-0.4, -0.2) is 41.6 Å². The number of methoxy groups -OCH3 is 1. The maximum atomic E-state index is 13.4. The first-order valence-electron chi connectivity index (χ1n) is 10.5. The summed E-state index contributed by atoms with van der Waals surface area (Å²) in [6, 6.07) is 20.9. The van der Waals surface area contributed by atoms with Crippen molar-refractivity contribution in [1.29, 1.82) is 0 Å². The lowest BCUT2D eigenvalue weighted by atomic mass is 9.95. The molecule has 0 saturated heterocycles. The van der Waals surface area contributed by atoms with E-state index >= 15 is 0 Å². The van der Waals surface area contributed by atoms with Crippen LogP contribution in [0.5, 0.6) is 11.5 Å². The third-order valence-electron chi connectivity index (χ3n) is 5.38. The number of sulfonamides is 1. The van der Waals surface area contributed by atoms with Gasteiger partial charge in [0.05, 0.1) is 19.3 Å². The number of ether oxygens (including phenoxy) is 2. The van der Waals surface area contributed by atoms with Gasteiger partial charge in [-0.2, -0.15) is 0 Å². The quantitative estimate of drug-likeness (QED) is 0.496. The topological polar surface area (TPSA) is 84.9 Å². The van der Waals surface area contributed by atoms with Crippen molar-refractivity contribution < 1.29 is 22.7 Å². The van der Waals surface area contributed by atoms with E-state index < -0.39 is 15.9 Å². The number of benzene rings is 3. The zero-order valence-corrected chi connectivity index (χ0v) is 20.2. The highest BCUT2D eigenvalue weighted by atomic mass is 35.5. The van der Waals surface area contributed by atoms with Crippen LogP contribution in [0.25, 0.3) is 5.57 Å². The molecule has 34 heavy (non-hydrogen) atoms. The Morgan fingerprint density at radius 3 is 2.47 bits per heavy atom. The molecule has 176 valence electrons. The van der Waals surface area contributed by atoms with Gasteiger partial charge in [0, 0.05) is 29.3 Å². The standard InChI is InChI=1S/C25H23ClN2O5S/c1-28-22-12-11-18(26)15-21(22)23(17-7-4-3-5-8-17)24(34(28,30)31)25(29)27-13-14-33-20-10-6-9-19(16-20)32-2/h3-12,15-16H,13-14H2,1-2H3,(H,27,29). The van der Waals surface area contributed by atoms with Crippen LogP contribution in [0.3, 0.4) is 0 Å². The maximum absolute atomic E-state index is 13.4. The first kappa shape index (κ1) is 23.7. The molecule has 9 heteroatoms. The Hall–Kier alpha value is -3.49. The number of nitrogens with zero attached hydrogens (tertiary/aromatic N) is 1. The molecule has 0 saturated carbocycles. The SMILES string of the molecule is COc1cccc(OCCNC(=O)C2=C(c3ccccc3)c3cc(Cl)ccc3N(C)S2(=O)=O)c1. The number of hydrogen-bond donors (Lipinski definition) is 1. The van der Waals surface area contributed by atoms with Gasteiger partial charge < -0.3 is 14.8 Å². The predicted octanol–water partition coefficient (Wildman–Crippen LogP) is 4.08. The van der Waals surface area contributed by atoms with Gasteiger partial charge in [-0.1, -0.05) is 48.0 Å². The number of nitrogens with one attached hydrogen (secondary N) is 1. The third-order valence-corrected chi connectivity index (χ3v) is 7.44. The molecule has 1 aliphatic heterocycles. The Kier molecular flexibility index (Phi) is 6.81. The zero-order chi connectivity index (χ0) is 24.3. The van der Waals surface area contributed by atoms with Crippen LogP contribution in [0.4, 0.5) is 5.69 Å². The van der Waals surface area contributed by atoms with E-state index in [2.05, 4.69) is 5.32 Å². The van der Waals surface area contributed by atoms with Gasteiger partial charge in [0.15, 0.2) is 4.91 Å². The summed E-state index contributed by atoms with van der Waals surface area (Å²) < 4.78 is 38.8. The highest BCUT2D eigenvalue weighted by Crippen LogP contribution is 2.43. The first-order chi connectivity index (χ1) is 16.3. The maximum Gasteiger partial charge on any atom is 0.270 e. The van der Waals surface area contributed by atoms with Gasteiger partial charge in [-0.05, 0) is 35.9 Å². The van der Waals surface area contributed by atoms with Gasteiger partial charge in [-0.15, -0.1) is 0 Å². The predicted molar refractivity (Wildman–Crippen MR) is 133 cm³/mol. The summed E-state index contributed by atoms with van der Waals surface area (Å²) >= 11 is 6.24. The number of fused-ring (bicyclic) bond motifs is 1. The molecule has 1 amide bonds. The summed E-state index contributed by atoms with van der Waals surface area (Å²) in [6.45, 7) is 0.244. The summed E-state index contributed by atoms with van der Waals surface area (Å²) in [5, 5.41) is 3.12. The molecule has 4 rings (SSSR count). The Bertz CT molecular complexity index is 1360. The Morgan fingerprint density at radius 1 is 1.00 bits per heavy atom. The fourth-order valence-corrected chi connectivity index (χ4v) is 5.38. The average Bonchev–Trinajstić information content (AvgIpc) is 2.84. The van der Waals surface area contributed by atoms with Crippen LogP contribution in [0.2, 0.25) is 5.02 Å². The van der Waals surface area contributed by atoms with Crippen LogP contribution in [0, 0.1) is 0 Å². The molecule has 0 fully saturated rings. The monoisotopic (exact) mass is 498 g/mol. The highest BCUT2D eigenvalue weighted by molar-refractivity contribution is 7.97. The van der Waals surface area contributed by atoms with E-state index in [0.29, 0.717) is 38.9 Å². The second-order valence-electron chi connectivity index (χ2n) is 7.49. The van der Waals surface area contributed by atoms with E-state index in [1.165, 1.54) is 7.05 Å². The lowest BCUT2D eigenvalue weighted by Gasteiger charge is -2.31. The van der Waals surface area contributed by atoms with Gasteiger partial charge in [0.2, 0.25) is 0 Å². The third kappa shape index (κ3) is 4.60. The van der Waals surface area contributed by atoms with Gasteiger partial charge in [0.1, 0.15) is 18.1 Å². The molecule has 7 nitrogen and oxygen atoms in total. The summed E-state index contributed by atoms with van der Waals surface area (Å²) in [5.41, 5.74) is 1.91. The van der Waals surface area contributed by atoms with Gasteiger partial charge in [-0.3, -0.25) is 9.10 Å². The molecule has 0 aromatic heterocycles. The first-order valence-corrected chi connectivity index (χ1v) is 12.3. The molecule has 0 radical (unpaired) electrons. The van der Waals surface area contributed by atoms with Crippen LogP contribution < -0.4 is 19.1 Å². The smallest absolute Gasteiger partial charge is 0.270 e. The van der Waals surface area contributed by atoms with Crippen molar-refractivity contribution in [3.63, 3.8) is 0 Å². The fourth-order valence-electron chi connectivity index (χ4n) is 3.73. The van der Waals surface area contributed by atoms with E-state index in [4.69, 9.17) is 21.1 Å². The largest absolute Gasteiger partial charge is 0.497 e. The van der Waals surface area contributed by atoms with E-state index in [1.807, 2.05) is 6.07 Å². The minimum Gasteiger partial charge on any atom is -0.497 e. The van der Waals surface area contributed by atoms with E-state index in [-0.39, 0.29) is 18.1 Å². The average molecular weight is 499 g/mol. The number of hydrogen-bond acceptors (Lipinski definition) is 5. The fraction of sp³-hybridized carbons (Fsp3) is 0.160.